The van der Waals surface area contributed by atoms with E-state index in [0.29, 0.717) is 16.0 Å². The molecule has 0 aromatic heterocycles. The lowest BCUT2D eigenvalue weighted by molar-refractivity contribution is -0.127. The summed E-state index contributed by atoms with van der Waals surface area (Å²) in [6.45, 7) is -0.619. The van der Waals surface area contributed by atoms with Crippen molar-refractivity contribution in [3.05, 3.63) is 93.9 Å². The van der Waals surface area contributed by atoms with Gasteiger partial charge in [0.15, 0.2) is 11.5 Å². The second-order valence-corrected chi connectivity index (χ2v) is 8.64. The summed E-state index contributed by atoms with van der Waals surface area (Å²) in [4.78, 5) is 49.4. The summed E-state index contributed by atoms with van der Waals surface area (Å²) in [5.41, 5.74) is 0.897. The fraction of sp³-hybridized carbons (Fsp3) is 0.111. The number of hydrogen-bond acceptors (Lipinski definition) is 6. The summed E-state index contributed by atoms with van der Waals surface area (Å²) in [5.74, 6) is -2.84. The van der Waals surface area contributed by atoms with E-state index in [1.807, 2.05) is 0 Å². The molecule has 4 rings (SSSR count). The number of amides is 4. The lowest BCUT2D eigenvalue weighted by Crippen LogP contribution is -2.38. The Balaban J connectivity index is 1.47. The third-order valence-electron chi connectivity index (χ3n) is 5.53. The largest absolute Gasteiger partial charge is 0.493 e. The van der Waals surface area contributed by atoms with Crippen molar-refractivity contribution in [1.82, 2.24) is 10.2 Å². The molecule has 1 fully saturated rings. The maximum Gasteiger partial charge on any atom is 0.335 e. The van der Waals surface area contributed by atoms with E-state index < -0.39 is 36.2 Å². The van der Waals surface area contributed by atoms with Gasteiger partial charge < -0.3 is 25.2 Å². The van der Waals surface area contributed by atoms with Crippen molar-refractivity contribution in [2.75, 3.05) is 19.0 Å². The van der Waals surface area contributed by atoms with Gasteiger partial charge in [-0.2, -0.15) is 0 Å². The van der Waals surface area contributed by atoms with Gasteiger partial charge in [-0.05, 0) is 53.6 Å². The minimum absolute atomic E-state index is 0.0100. The van der Waals surface area contributed by atoms with Crippen LogP contribution in [-0.2, 0) is 16.2 Å². The van der Waals surface area contributed by atoms with Gasteiger partial charge >= 0.3 is 12.0 Å². The van der Waals surface area contributed by atoms with Crippen LogP contribution in [0.15, 0.2) is 66.4 Å². The summed E-state index contributed by atoms with van der Waals surface area (Å²) < 4.78 is 24.9. The molecule has 3 N–H and O–H groups in total. The smallest absolute Gasteiger partial charge is 0.335 e. The minimum atomic E-state index is -1.07. The average molecular weight is 554 g/mol. The number of nitrogens with zero attached hydrogens (tertiary/aromatic N) is 1. The van der Waals surface area contributed by atoms with Crippen LogP contribution < -0.4 is 20.1 Å². The van der Waals surface area contributed by atoms with Gasteiger partial charge in [-0.3, -0.25) is 9.59 Å². The molecule has 0 saturated carbocycles. The number of carbonyl (C=O) groups is 4. The number of anilines is 1. The quantitative estimate of drug-likeness (QED) is 0.266. The van der Waals surface area contributed by atoms with E-state index in [0.717, 1.165) is 6.07 Å². The van der Waals surface area contributed by atoms with E-state index in [9.17, 15) is 23.6 Å². The third kappa shape index (κ3) is 6.33. The SMILES string of the molecule is COc1cc(/C=C2/NC(=O)N(CC(=O)Nc3ccccc3F)C2=O)cc(Cl)c1OCc1cccc(C(=O)O)c1. The topological polar surface area (TPSA) is 134 Å². The second kappa shape index (κ2) is 11.7. The molecule has 0 radical (unpaired) electrons. The van der Waals surface area contributed by atoms with Crippen molar-refractivity contribution in [3.63, 3.8) is 0 Å². The molecule has 0 spiro atoms. The Morgan fingerprint density at radius 2 is 1.90 bits per heavy atom. The predicted octanol–water partition coefficient (Wildman–Crippen LogP) is 4.30. The zero-order valence-electron chi connectivity index (χ0n) is 20.4. The molecule has 3 aromatic rings. The second-order valence-electron chi connectivity index (χ2n) is 8.24. The molecule has 200 valence electrons. The molecule has 0 aliphatic carbocycles. The van der Waals surface area contributed by atoms with E-state index in [2.05, 4.69) is 10.6 Å². The first-order valence-electron chi connectivity index (χ1n) is 11.4. The Bertz CT molecular complexity index is 1510. The molecule has 12 heteroatoms. The summed E-state index contributed by atoms with van der Waals surface area (Å²) in [5, 5.41) is 14.0. The van der Waals surface area contributed by atoms with Gasteiger partial charge in [0.2, 0.25) is 5.91 Å². The van der Waals surface area contributed by atoms with E-state index in [-0.39, 0.29) is 40.1 Å². The van der Waals surface area contributed by atoms with Gasteiger partial charge in [0.25, 0.3) is 5.91 Å². The lowest BCUT2D eigenvalue weighted by Gasteiger charge is -2.14. The monoisotopic (exact) mass is 553 g/mol. The van der Waals surface area contributed by atoms with Crippen LogP contribution in [0.5, 0.6) is 11.5 Å². The normalized spacial score (nSPS) is 13.8. The van der Waals surface area contributed by atoms with Crippen LogP contribution >= 0.6 is 11.6 Å². The summed E-state index contributed by atoms with van der Waals surface area (Å²) in [7, 11) is 1.39. The van der Waals surface area contributed by atoms with Crippen molar-refractivity contribution in [2.24, 2.45) is 0 Å². The summed E-state index contributed by atoms with van der Waals surface area (Å²) in [6.07, 6.45) is 1.35. The lowest BCUT2D eigenvalue weighted by atomic mass is 10.1. The molecule has 0 atom stereocenters. The molecule has 3 aromatic carbocycles. The number of imide groups is 1. The number of carboxylic acids is 1. The van der Waals surface area contributed by atoms with Crippen molar-refractivity contribution >= 4 is 47.2 Å². The van der Waals surface area contributed by atoms with Crippen LogP contribution in [0.4, 0.5) is 14.9 Å². The van der Waals surface area contributed by atoms with Crippen molar-refractivity contribution in [3.8, 4) is 11.5 Å². The first-order chi connectivity index (χ1) is 18.7. The molecule has 39 heavy (non-hydrogen) atoms. The van der Waals surface area contributed by atoms with Crippen molar-refractivity contribution in [2.45, 2.75) is 6.61 Å². The first kappa shape index (κ1) is 27.1. The number of aromatic carboxylic acids is 1. The zero-order chi connectivity index (χ0) is 28.1. The fourth-order valence-electron chi connectivity index (χ4n) is 3.69. The Labute approximate surface area is 226 Å². The number of urea groups is 1. The number of methoxy groups -OCH3 is 1. The van der Waals surface area contributed by atoms with Gasteiger partial charge in [0.05, 0.1) is 23.4 Å². The van der Waals surface area contributed by atoms with E-state index >= 15 is 0 Å². The van der Waals surface area contributed by atoms with Crippen LogP contribution in [0.3, 0.4) is 0 Å². The zero-order valence-corrected chi connectivity index (χ0v) is 21.1. The highest BCUT2D eigenvalue weighted by atomic mass is 35.5. The number of carboxylic acid groups (broad SMARTS) is 1. The molecule has 1 saturated heterocycles. The molecular formula is C27H21ClFN3O7. The fourth-order valence-corrected chi connectivity index (χ4v) is 3.96. The molecule has 4 amide bonds. The molecular weight excluding hydrogens is 533 g/mol. The molecule has 10 nitrogen and oxygen atoms in total. The molecule has 1 aliphatic rings. The van der Waals surface area contributed by atoms with Crippen LogP contribution in [0.1, 0.15) is 21.5 Å². The van der Waals surface area contributed by atoms with Gasteiger partial charge in [-0.15, -0.1) is 0 Å². The van der Waals surface area contributed by atoms with Crippen LogP contribution in [-0.4, -0.2) is 47.5 Å². The maximum atomic E-state index is 13.8. The van der Waals surface area contributed by atoms with Gasteiger partial charge in [0.1, 0.15) is 24.7 Å². The highest BCUT2D eigenvalue weighted by molar-refractivity contribution is 6.32. The average Bonchev–Trinajstić information content (AvgIpc) is 3.16. The Morgan fingerprint density at radius 1 is 1.13 bits per heavy atom. The first-order valence-corrected chi connectivity index (χ1v) is 11.8. The molecule has 1 heterocycles. The van der Waals surface area contributed by atoms with Crippen molar-refractivity contribution in [1.29, 1.82) is 0 Å². The number of hydrogen-bond donors (Lipinski definition) is 3. The standard InChI is InChI=1S/C27H21ClFN3O7/c1-38-22-12-16(10-18(28)24(22)39-14-15-5-4-6-17(9-15)26(35)36)11-21-25(34)32(27(37)31-21)13-23(33)30-20-8-3-2-7-19(20)29/h2-12H,13-14H2,1H3,(H,30,33)(H,31,37)(H,35,36)/b21-11+. The van der Waals surface area contributed by atoms with Gasteiger partial charge in [-0.25, -0.2) is 18.9 Å². The predicted molar refractivity (Wildman–Crippen MR) is 139 cm³/mol. The van der Waals surface area contributed by atoms with Crippen LogP contribution in [0.2, 0.25) is 5.02 Å². The molecule has 0 bridgehead atoms. The molecule has 1 aliphatic heterocycles. The summed E-state index contributed by atoms with van der Waals surface area (Å²) in [6, 6.07) is 13.9. The van der Waals surface area contributed by atoms with Crippen LogP contribution in [0.25, 0.3) is 6.08 Å². The number of nitrogens with one attached hydrogen (secondary N) is 2. The van der Waals surface area contributed by atoms with Crippen LogP contribution in [0, 0.1) is 5.82 Å². The van der Waals surface area contributed by atoms with E-state index in [4.69, 9.17) is 26.2 Å². The van der Waals surface area contributed by atoms with E-state index in [1.54, 1.807) is 12.1 Å². The Morgan fingerprint density at radius 3 is 2.62 bits per heavy atom. The third-order valence-corrected chi connectivity index (χ3v) is 5.81. The summed E-state index contributed by atoms with van der Waals surface area (Å²) >= 11 is 6.40. The Kier molecular flexibility index (Phi) is 8.11. The highest BCUT2D eigenvalue weighted by Gasteiger charge is 2.35. The number of ether oxygens (including phenoxy) is 2. The number of halogens is 2. The maximum absolute atomic E-state index is 13.8. The number of benzene rings is 3. The number of para-hydroxylation sites is 1. The van der Waals surface area contributed by atoms with Gasteiger partial charge in [0, 0.05) is 0 Å². The van der Waals surface area contributed by atoms with E-state index in [1.165, 1.54) is 55.7 Å². The number of rotatable bonds is 9. The molecule has 0 unspecified atom stereocenters. The van der Waals surface area contributed by atoms with Crippen molar-refractivity contribution < 1.29 is 38.1 Å². The van der Waals surface area contributed by atoms with Gasteiger partial charge in [-0.1, -0.05) is 35.9 Å². The minimum Gasteiger partial charge on any atom is -0.493 e. The highest BCUT2D eigenvalue weighted by Crippen LogP contribution is 2.37. The number of carbonyl (C=O) groups excluding carboxylic acids is 3. The Hall–Kier alpha value is -4.90.